The minimum Gasteiger partial charge on any atom is -0.312 e. The first kappa shape index (κ1) is 12.8. The molecule has 1 unspecified atom stereocenters. The van der Waals surface area contributed by atoms with Crippen molar-refractivity contribution in [2.75, 3.05) is 6.54 Å². The highest BCUT2D eigenvalue weighted by Crippen LogP contribution is 2.40. The van der Waals surface area contributed by atoms with E-state index in [4.69, 9.17) is 0 Å². The van der Waals surface area contributed by atoms with Crippen LogP contribution in [0.15, 0.2) is 35.8 Å². The Bertz CT molecular complexity index is 517. The molecular formula is C16H20N2S. The van der Waals surface area contributed by atoms with Gasteiger partial charge >= 0.3 is 0 Å². The second-order valence-corrected chi connectivity index (χ2v) is 6.35. The molecule has 1 N–H and O–H groups in total. The van der Waals surface area contributed by atoms with Crippen molar-refractivity contribution < 1.29 is 0 Å². The number of thiazole rings is 1. The summed E-state index contributed by atoms with van der Waals surface area (Å²) >= 11 is 1.74. The fourth-order valence-electron chi connectivity index (χ4n) is 2.37. The topological polar surface area (TPSA) is 24.9 Å². The average molecular weight is 272 g/mol. The lowest BCUT2D eigenvalue weighted by molar-refractivity contribution is 0.612. The maximum atomic E-state index is 4.37. The van der Waals surface area contributed by atoms with Crippen LogP contribution in [0, 0.1) is 0 Å². The summed E-state index contributed by atoms with van der Waals surface area (Å²) in [7, 11) is 0. The fraction of sp³-hybridized carbons (Fsp3) is 0.438. The van der Waals surface area contributed by atoms with E-state index in [0.717, 1.165) is 19.0 Å². The molecule has 1 aliphatic rings. The Kier molecular flexibility index (Phi) is 3.95. The Morgan fingerprint density at radius 2 is 2.32 bits per heavy atom. The summed E-state index contributed by atoms with van der Waals surface area (Å²) in [5.74, 6) is 1.33. The van der Waals surface area contributed by atoms with Crippen molar-refractivity contribution in [2.24, 2.45) is 0 Å². The van der Waals surface area contributed by atoms with E-state index >= 15 is 0 Å². The number of nitrogens with one attached hydrogen (secondary N) is 1. The molecule has 2 aromatic rings. The summed E-state index contributed by atoms with van der Waals surface area (Å²) in [6, 6.07) is 9.03. The maximum Gasteiger partial charge on any atom is 0.0965 e. The molecule has 1 saturated carbocycles. The molecule has 1 aliphatic carbocycles. The van der Waals surface area contributed by atoms with E-state index in [2.05, 4.69) is 41.5 Å². The molecule has 1 fully saturated rings. The third-order valence-corrected chi connectivity index (χ3v) is 4.66. The van der Waals surface area contributed by atoms with Crippen LogP contribution in [0.5, 0.6) is 0 Å². The molecule has 1 aromatic heterocycles. The summed E-state index contributed by atoms with van der Waals surface area (Å²) in [6.45, 7) is 4.17. The van der Waals surface area contributed by atoms with Crippen LogP contribution in [0.1, 0.15) is 47.7 Å². The molecule has 0 spiro atoms. The zero-order valence-corrected chi connectivity index (χ0v) is 12.1. The van der Waals surface area contributed by atoms with Gasteiger partial charge in [0.2, 0.25) is 0 Å². The Labute approximate surface area is 118 Å². The Hall–Kier alpha value is -1.19. The number of rotatable bonds is 6. The zero-order chi connectivity index (χ0) is 13.1. The number of hydrogen-bond acceptors (Lipinski definition) is 3. The molecule has 19 heavy (non-hydrogen) atoms. The van der Waals surface area contributed by atoms with Crippen LogP contribution in [0.2, 0.25) is 0 Å². The molecular weight excluding hydrogens is 252 g/mol. The predicted octanol–water partition coefficient (Wildman–Crippen LogP) is 3.91. The number of aromatic nitrogens is 1. The van der Waals surface area contributed by atoms with Gasteiger partial charge in [0, 0.05) is 30.6 Å². The van der Waals surface area contributed by atoms with Gasteiger partial charge in [-0.1, -0.05) is 31.2 Å². The van der Waals surface area contributed by atoms with Gasteiger partial charge in [0.15, 0.2) is 0 Å². The molecule has 0 aliphatic heterocycles. The van der Waals surface area contributed by atoms with E-state index in [9.17, 15) is 0 Å². The van der Waals surface area contributed by atoms with Gasteiger partial charge in [-0.15, -0.1) is 11.3 Å². The lowest BCUT2D eigenvalue weighted by atomic mass is 10.1. The molecule has 0 radical (unpaired) electrons. The van der Waals surface area contributed by atoms with Gasteiger partial charge in [-0.3, -0.25) is 0 Å². The van der Waals surface area contributed by atoms with Crippen LogP contribution in [-0.2, 0) is 6.54 Å². The predicted molar refractivity (Wildman–Crippen MR) is 80.7 cm³/mol. The molecule has 1 atom stereocenters. The average Bonchev–Trinajstić information content (AvgIpc) is 3.14. The summed E-state index contributed by atoms with van der Waals surface area (Å²) in [5, 5.41) is 6.81. The highest BCUT2D eigenvalue weighted by Gasteiger charge is 2.23. The largest absolute Gasteiger partial charge is 0.312 e. The monoisotopic (exact) mass is 272 g/mol. The summed E-state index contributed by atoms with van der Waals surface area (Å²) in [5.41, 5.74) is 2.92. The van der Waals surface area contributed by atoms with Crippen LogP contribution in [0.3, 0.4) is 0 Å². The van der Waals surface area contributed by atoms with Gasteiger partial charge in [-0.2, -0.15) is 0 Å². The summed E-state index contributed by atoms with van der Waals surface area (Å²) in [4.78, 5) is 4.37. The molecule has 2 nitrogen and oxygen atoms in total. The highest BCUT2D eigenvalue weighted by molar-refractivity contribution is 7.09. The minimum absolute atomic E-state index is 0.492. The van der Waals surface area contributed by atoms with Crippen LogP contribution < -0.4 is 5.32 Å². The molecule has 0 saturated heterocycles. The van der Waals surface area contributed by atoms with Gasteiger partial charge in [0.05, 0.1) is 5.01 Å². The van der Waals surface area contributed by atoms with Crippen LogP contribution >= 0.6 is 11.3 Å². The van der Waals surface area contributed by atoms with Crippen molar-refractivity contribution in [3.63, 3.8) is 0 Å². The van der Waals surface area contributed by atoms with E-state index in [-0.39, 0.29) is 0 Å². The first-order valence-corrected chi connectivity index (χ1v) is 7.90. The molecule has 3 heteroatoms. The maximum absolute atomic E-state index is 4.37. The fourth-order valence-corrected chi connectivity index (χ4v) is 3.07. The van der Waals surface area contributed by atoms with Crippen LogP contribution in [0.4, 0.5) is 0 Å². The van der Waals surface area contributed by atoms with Crippen LogP contribution in [-0.4, -0.2) is 11.5 Å². The Balaban J connectivity index is 1.50. The van der Waals surface area contributed by atoms with Crippen molar-refractivity contribution >= 4 is 11.3 Å². The quantitative estimate of drug-likeness (QED) is 0.862. The molecule has 1 aromatic carbocycles. The van der Waals surface area contributed by atoms with Crippen LogP contribution in [0.25, 0.3) is 0 Å². The van der Waals surface area contributed by atoms with Gasteiger partial charge in [0.1, 0.15) is 0 Å². The van der Waals surface area contributed by atoms with Gasteiger partial charge in [-0.25, -0.2) is 4.98 Å². The van der Waals surface area contributed by atoms with E-state index < -0.39 is 0 Å². The zero-order valence-electron chi connectivity index (χ0n) is 11.3. The number of hydrogen-bond donors (Lipinski definition) is 1. The van der Waals surface area contributed by atoms with E-state index in [1.807, 2.05) is 11.6 Å². The third kappa shape index (κ3) is 3.43. The van der Waals surface area contributed by atoms with E-state index in [1.165, 1.54) is 29.0 Å². The Morgan fingerprint density at radius 3 is 3.05 bits per heavy atom. The standard InChI is InChI=1S/C16H20N2S/c1-12(16-18-7-8-19-16)10-17-11-13-3-2-4-15(9-13)14-5-6-14/h2-4,7-9,12,14,17H,5-6,10-11H2,1H3. The second-order valence-electron chi connectivity index (χ2n) is 5.42. The van der Waals surface area contributed by atoms with Gasteiger partial charge in [-0.05, 0) is 29.9 Å². The molecule has 0 amide bonds. The second kappa shape index (κ2) is 5.85. The lowest BCUT2D eigenvalue weighted by Crippen LogP contribution is -2.19. The van der Waals surface area contributed by atoms with Crippen molar-refractivity contribution in [1.82, 2.24) is 10.3 Å². The van der Waals surface area contributed by atoms with E-state index in [1.54, 1.807) is 11.3 Å². The first-order chi connectivity index (χ1) is 9.33. The number of benzene rings is 1. The molecule has 100 valence electrons. The lowest BCUT2D eigenvalue weighted by Gasteiger charge is -2.10. The minimum atomic E-state index is 0.492. The normalized spacial score (nSPS) is 16.5. The van der Waals surface area contributed by atoms with Crippen molar-refractivity contribution in [3.05, 3.63) is 52.0 Å². The smallest absolute Gasteiger partial charge is 0.0965 e. The molecule has 3 rings (SSSR count). The summed E-state index contributed by atoms with van der Waals surface area (Å²) in [6.07, 6.45) is 4.63. The van der Waals surface area contributed by atoms with Gasteiger partial charge < -0.3 is 5.32 Å². The molecule has 0 bridgehead atoms. The van der Waals surface area contributed by atoms with Gasteiger partial charge in [0.25, 0.3) is 0 Å². The van der Waals surface area contributed by atoms with Crippen molar-refractivity contribution in [1.29, 1.82) is 0 Å². The van der Waals surface area contributed by atoms with Crippen molar-refractivity contribution in [3.8, 4) is 0 Å². The first-order valence-electron chi connectivity index (χ1n) is 7.02. The van der Waals surface area contributed by atoms with Crippen molar-refractivity contribution in [2.45, 2.75) is 38.1 Å². The Morgan fingerprint density at radius 1 is 1.42 bits per heavy atom. The van der Waals surface area contributed by atoms with E-state index in [0.29, 0.717) is 5.92 Å². The third-order valence-electron chi connectivity index (χ3n) is 3.65. The number of nitrogens with zero attached hydrogens (tertiary/aromatic N) is 1. The SMILES string of the molecule is CC(CNCc1cccc(C2CC2)c1)c1nccs1. The summed E-state index contributed by atoms with van der Waals surface area (Å²) < 4.78 is 0. The highest BCUT2D eigenvalue weighted by atomic mass is 32.1. The molecule has 1 heterocycles.